The molecule has 4 amide bonds. The zero-order chi connectivity index (χ0) is 15.7. The number of nitrogens with two attached hydrogens (primary N) is 1. The molecule has 3 rings (SSSR count). The molecule has 2 fully saturated rings. The van der Waals surface area contributed by atoms with Crippen molar-refractivity contribution in [2.24, 2.45) is 5.92 Å². The lowest BCUT2D eigenvalue weighted by atomic mass is 10.0. The van der Waals surface area contributed by atoms with Crippen molar-refractivity contribution in [2.45, 2.75) is 25.4 Å². The van der Waals surface area contributed by atoms with Crippen LogP contribution in [0.4, 0.5) is 4.79 Å². The number of urea groups is 1. The number of carbonyl (C=O) groups is 3. The summed E-state index contributed by atoms with van der Waals surface area (Å²) < 4.78 is 0. The van der Waals surface area contributed by atoms with Crippen molar-refractivity contribution in [1.29, 1.82) is 0 Å². The van der Waals surface area contributed by atoms with E-state index in [1.807, 2.05) is 35.6 Å². The Morgan fingerprint density at radius 2 is 1.91 bits per heavy atom. The number of quaternary nitrogens is 1. The van der Waals surface area contributed by atoms with Crippen LogP contribution < -0.4 is 10.6 Å². The summed E-state index contributed by atoms with van der Waals surface area (Å²) in [6, 6.07) is 8.94. The summed E-state index contributed by atoms with van der Waals surface area (Å²) in [6.45, 7) is 4.00. The number of nitrogens with one attached hydrogen (secondary N) is 1. The summed E-state index contributed by atoms with van der Waals surface area (Å²) in [7, 11) is 0. The molecule has 1 aliphatic heterocycles. The Balaban J connectivity index is 1.77. The van der Waals surface area contributed by atoms with Crippen LogP contribution in [0.5, 0.6) is 0 Å². The van der Waals surface area contributed by atoms with E-state index in [4.69, 9.17) is 0 Å². The van der Waals surface area contributed by atoms with Crippen molar-refractivity contribution < 1.29 is 19.7 Å². The van der Waals surface area contributed by atoms with Gasteiger partial charge in [-0.15, -0.1) is 0 Å². The van der Waals surface area contributed by atoms with E-state index >= 15 is 0 Å². The molecule has 2 aliphatic rings. The van der Waals surface area contributed by atoms with Gasteiger partial charge in [-0.05, 0) is 12.1 Å². The van der Waals surface area contributed by atoms with Crippen molar-refractivity contribution in [3.63, 3.8) is 0 Å². The van der Waals surface area contributed by atoms with E-state index in [9.17, 15) is 14.4 Å². The number of nitrogens with zero attached hydrogens (tertiary/aromatic N) is 1. The minimum Gasteiger partial charge on any atom is -0.314 e. The minimum atomic E-state index is -0.998. The number of barbiturate groups is 1. The summed E-state index contributed by atoms with van der Waals surface area (Å²) >= 11 is 0. The van der Waals surface area contributed by atoms with Gasteiger partial charge in [0, 0.05) is 12.8 Å². The number of imide groups is 2. The number of amides is 4. The van der Waals surface area contributed by atoms with Gasteiger partial charge in [-0.2, -0.15) is 0 Å². The highest BCUT2D eigenvalue weighted by Crippen LogP contribution is 2.19. The maximum atomic E-state index is 12.6. The maximum absolute atomic E-state index is 12.6. The number of hydrogen-bond acceptors (Lipinski definition) is 3. The zero-order valence-corrected chi connectivity index (χ0v) is 12.1. The molecule has 1 aliphatic carbocycles. The highest BCUT2D eigenvalue weighted by atomic mass is 16.2. The quantitative estimate of drug-likeness (QED) is 0.758. The Hall–Kier alpha value is -2.47. The molecule has 0 unspecified atom stereocenters. The van der Waals surface area contributed by atoms with Gasteiger partial charge < -0.3 is 5.32 Å². The predicted molar refractivity (Wildman–Crippen MR) is 78.1 cm³/mol. The van der Waals surface area contributed by atoms with Crippen molar-refractivity contribution in [3.8, 4) is 0 Å². The lowest BCUT2D eigenvalue weighted by Gasteiger charge is -2.29. The molecule has 114 valence electrons. The van der Waals surface area contributed by atoms with Gasteiger partial charge >= 0.3 is 6.03 Å². The van der Waals surface area contributed by atoms with Gasteiger partial charge in [-0.25, -0.2) is 4.79 Å². The van der Waals surface area contributed by atoms with E-state index in [1.54, 1.807) is 0 Å². The average molecular weight is 300 g/mol. The van der Waals surface area contributed by atoms with Gasteiger partial charge in [0.05, 0.1) is 12.6 Å². The molecule has 0 spiro atoms. The first-order valence-electron chi connectivity index (χ1n) is 7.30. The zero-order valence-electron chi connectivity index (χ0n) is 12.1. The molecule has 1 saturated heterocycles. The topological polar surface area (TPSA) is 83.1 Å². The number of hydrogen-bond donors (Lipinski definition) is 2. The molecule has 0 radical (unpaired) electrons. The Morgan fingerprint density at radius 3 is 2.55 bits per heavy atom. The normalized spacial score (nSPS) is 21.7. The summed E-state index contributed by atoms with van der Waals surface area (Å²) in [5, 5.41) is 4.12. The number of rotatable bonds is 5. The third-order valence-electron chi connectivity index (χ3n) is 3.88. The lowest BCUT2D eigenvalue weighted by Crippen LogP contribution is -2.86. The molecule has 1 aromatic rings. The van der Waals surface area contributed by atoms with Crippen LogP contribution in [-0.4, -0.2) is 28.8 Å². The first-order chi connectivity index (χ1) is 10.6. The van der Waals surface area contributed by atoms with Crippen molar-refractivity contribution in [3.05, 3.63) is 48.2 Å². The van der Waals surface area contributed by atoms with E-state index in [1.165, 1.54) is 0 Å². The fourth-order valence-corrected chi connectivity index (χ4v) is 2.52. The van der Waals surface area contributed by atoms with Crippen LogP contribution in [0.2, 0.25) is 0 Å². The smallest absolute Gasteiger partial charge is 0.314 e. The third-order valence-corrected chi connectivity index (χ3v) is 3.88. The number of carbonyl (C=O) groups excluding carboxylic acids is 3. The fourth-order valence-electron chi connectivity index (χ4n) is 2.52. The molecule has 0 bridgehead atoms. The van der Waals surface area contributed by atoms with Crippen LogP contribution in [0.1, 0.15) is 18.4 Å². The molecule has 22 heavy (non-hydrogen) atoms. The highest BCUT2D eigenvalue weighted by molar-refractivity contribution is 6.17. The molecule has 1 heterocycles. The van der Waals surface area contributed by atoms with Gasteiger partial charge in [0.25, 0.3) is 11.8 Å². The first-order valence-corrected chi connectivity index (χ1v) is 7.30. The van der Waals surface area contributed by atoms with Gasteiger partial charge in [0.2, 0.25) is 0 Å². The van der Waals surface area contributed by atoms with Crippen LogP contribution in [0, 0.1) is 5.92 Å². The second kappa shape index (κ2) is 5.73. The second-order valence-corrected chi connectivity index (χ2v) is 5.72. The summed E-state index contributed by atoms with van der Waals surface area (Å²) in [5.41, 5.74) is 1.31. The monoisotopic (exact) mass is 300 g/mol. The molecule has 1 atom stereocenters. The van der Waals surface area contributed by atoms with Crippen LogP contribution in [0.15, 0.2) is 42.6 Å². The van der Waals surface area contributed by atoms with E-state index in [0.717, 1.165) is 23.3 Å². The van der Waals surface area contributed by atoms with Crippen LogP contribution in [0.3, 0.4) is 0 Å². The number of benzene rings is 1. The highest BCUT2D eigenvalue weighted by Gasteiger charge is 2.45. The second-order valence-electron chi connectivity index (χ2n) is 5.72. The predicted octanol–water partition coefficient (Wildman–Crippen LogP) is 0.121. The lowest BCUT2D eigenvalue weighted by molar-refractivity contribution is -0.623. The van der Waals surface area contributed by atoms with Crippen LogP contribution in [-0.2, 0) is 16.1 Å². The maximum Gasteiger partial charge on any atom is 0.331 e. The van der Waals surface area contributed by atoms with E-state index in [2.05, 4.69) is 11.9 Å². The summed E-state index contributed by atoms with van der Waals surface area (Å²) in [6.07, 6.45) is 2.13. The van der Waals surface area contributed by atoms with Gasteiger partial charge in [-0.3, -0.25) is 19.8 Å². The van der Waals surface area contributed by atoms with Crippen LogP contribution in [0.25, 0.3) is 0 Å². The van der Waals surface area contributed by atoms with Gasteiger partial charge in [0.1, 0.15) is 5.70 Å². The SMILES string of the molecule is C=C([NH2+]C1CC1)[C@@H]1C(=O)NC(=O)N(Cc2ccccc2)C1=O. The molecular formula is C16H18N3O3+. The molecule has 1 saturated carbocycles. The molecule has 6 heteroatoms. The van der Waals surface area contributed by atoms with Crippen molar-refractivity contribution in [2.75, 3.05) is 0 Å². The van der Waals surface area contributed by atoms with E-state index < -0.39 is 23.8 Å². The molecule has 6 nitrogen and oxygen atoms in total. The van der Waals surface area contributed by atoms with Gasteiger partial charge in [-0.1, -0.05) is 30.3 Å². The Kier molecular flexibility index (Phi) is 3.77. The standard InChI is InChI=1S/C16H17N3O3/c1-10(17-12-7-8-12)13-14(20)18-16(22)19(15(13)21)9-11-5-3-2-4-6-11/h2-6,12-13,17H,1,7-9H2,(H,18,20,22)/p+1/t13-/m1/s1. The van der Waals surface area contributed by atoms with Crippen molar-refractivity contribution >= 4 is 17.8 Å². The van der Waals surface area contributed by atoms with E-state index in [-0.39, 0.29) is 6.54 Å². The first kappa shape index (κ1) is 14.5. The minimum absolute atomic E-state index is 0.145. The third kappa shape index (κ3) is 2.92. The Morgan fingerprint density at radius 1 is 1.23 bits per heavy atom. The molecular weight excluding hydrogens is 282 g/mol. The summed E-state index contributed by atoms with van der Waals surface area (Å²) in [5.74, 6) is -2.08. The fraction of sp³-hybridized carbons (Fsp3) is 0.312. The molecule has 1 aromatic carbocycles. The molecule has 3 N–H and O–H groups in total. The Labute approximate surface area is 128 Å². The molecule has 0 aromatic heterocycles. The average Bonchev–Trinajstić information content (AvgIpc) is 3.28. The largest absolute Gasteiger partial charge is 0.331 e. The van der Waals surface area contributed by atoms with Gasteiger partial charge in [0.15, 0.2) is 5.92 Å². The van der Waals surface area contributed by atoms with Crippen molar-refractivity contribution in [1.82, 2.24) is 10.2 Å². The van der Waals surface area contributed by atoms with E-state index in [0.29, 0.717) is 11.7 Å². The summed E-state index contributed by atoms with van der Waals surface area (Å²) in [4.78, 5) is 37.6. The van der Waals surface area contributed by atoms with Crippen LogP contribution >= 0.6 is 0 Å². The Bertz CT molecular complexity index is 637.